The molecule has 0 aliphatic rings. The lowest BCUT2D eigenvalue weighted by Crippen LogP contribution is -1.96. The van der Waals surface area contributed by atoms with Gasteiger partial charge in [-0.1, -0.05) is 20.3 Å². The molecule has 0 aliphatic carbocycles. The fraction of sp³-hybridized carbons (Fsp3) is 0.714. The predicted octanol–water partition coefficient (Wildman–Crippen LogP) is 1.71. The van der Waals surface area contributed by atoms with E-state index in [4.69, 9.17) is 5.11 Å². The number of rotatable bonds is 4. The summed E-state index contributed by atoms with van der Waals surface area (Å²) in [4.78, 5) is 9.93. The van der Waals surface area contributed by atoms with E-state index < -0.39 is 5.97 Å². The zero-order valence-electron chi connectivity index (χ0n) is 5.92. The number of carboxylic acid groups (broad SMARTS) is 1. The summed E-state index contributed by atoms with van der Waals surface area (Å²) in [6.07, 6.45) is 2.96. The summed E-state index contributed by atoms with van der Waals surface area (Å²) < 4.78 is 0. The molecule has 1 N–H and O–H groups in total. The monoisotopic (exact) mass is 129 g/mol. The van der Waals surface area contributed by atoms with Crippen LogP contribution in [0, 0.1) is 12.3 Å². The maximum atomic E-state index is 9.93. The van der Waals surface area contributed by atoms with Crippen molar-refractivity contribution in [3.63, 3.8) is 0 Å². The van der Waals surface area contributed by atoms with Crippen LogP contribution in [0.25, 0.3) is 0 Å². The second-order valence-corrected chi connectivity index (χ2v) is 2.51. The van der Waals surface area contributed by atoms with Crippen molar-refractivity contribution in [1.29, 1.82) is 0 Å². The van der Waals surface area contributed by atoms with Crippen LogP contribution in [0.3, 0.4) is 0 Å². The molecule has 0 amide bonds. The molecule has 1 radical (unpaired) electrons. The van der Waals surface area contributed by atoms with Crippen LogP contribution in [0.4, 0.5) is 0 Å². The van der Waals surface area contributed by atoms with Gasteiger partial charge in [-0.15, -0.1) is 0 Å². The smallest absolute Gasteiger partial charge is 0.307 e. The van der Waals surface area contributed by atoms with Gasteiger partial charge >= 0.3 is 5.97 Å². The minimum absolute atomic E-state index is 0.598. The van der Waals surface area contributed by atoms with E-state index in [9.17, 15) is 4.79 Å². The van der Waals surface area contributed by atoms with Gasteiger partial charge in [-0.2, -0.15) is 0 Å². The molecule has 0 unspecified atom stereocenters. The zero-order valence-corrected chi connectivity index (χ0v) is 5.92. The van der Waals surface area contributed by atoms with Crippen LogP contribution < -0.4 is 0 Å². The highest BCUT2D eigenvalue weighted by molar-refractivity contribution is 5.76. The minimum atomic E-state index is -0.810. The first-order chi connectivity index (χ1) is 4.13. The van der Waals surface area contributed by atoms with Crippen molar-refractivity contribution in [1.82, 2.24) is 0 Å². The molecular weight excluding hydrogens is 116 g/mol. The van der Waals surface area contributed by atoms with Gasteiger partial charge in [-0.25, -0.2) is 0 Å². The highest BCUT2D eigenvalue weighted by Crippen LogP contribution is 2.04. The van der Waals surface area contributed by atoms with Crippen molar-refractivity contribution in [3.05, 3.63) is 6.42 Å². The Labute approximate surface area is 55.9 Å². The molecule has 0 rings (SSSR count). The second-order valence-electron chi connectivity index (χ2n) is 2.51. The Morgan fingerprint density at radius 2 is 2.22 bits per heavy atom. The van der Waals surface area contributed by atoms with Crippen LogP contribution in [0.5, 0.6) is 0 Å². The lowest BCUT2D eigenvalue weighted by Gasteiger charge is -1.99. The molecule has 0 saturated heterocycles. The molecule has 0 atom stereocenters. The number of hydrogen-bond acceptors (Lipinski definition) is 1. The molecule has 0 aromatic heterocycles. The van der Waals surface area contributed by atoms with Crippen LogP contribution in [0.15, 0.2) is 0 Å². The Bertz CT molecular complexity index is 86.9. The van der Waals surface area contributed by atoms with Crippen LogP contribution in [-0.2, 0) is 4.79 Å². The summed E-state index contributed by atoms with van der Waals surface area (Å²) in [6.45, 7) is 4.16. The van der Waals surface area contributed by atoms with Crippen molar-refractivity contribution in [2.45, 2.75) is 26.7 Å². The molecule has 0 spiro atoms. The Hall–Kier alpha value is -0.530. The van der Waals surface area contributed by atoms with E-state index >= 15 is 0 Å². The standard InChI is InChI=1S/C7H13O2/c1-6(2)4-3-5-7(8)9/h5-6H,3-4H2,1-2H3,(H,8,9). The van der Waals surface area contributed by atoms with E-state index in [2.05, 4.69) is 13.8 Å². The largest absolute Gasteiger partial charge is 0.481 e. The van der Waals surface area contributed by atoms with Crippen molar-refractivity contribution < 1.29 is 9.90 Å². The first kappa shape index (κ1) is 8.47. The van der Waals surface area contributed by atoms with Gasteiger partial charge in [0.1, 0.15) is 0 Å². The zero-order chi connectivity index (χ0) is 7.28. The number of aliphatic carboxylic acids is 1. The van der Waals surface area contributed by atoms with Gasteiger partial charge in [0.05, 0.1) is 6.42 Å². The van der Waals surface area contributed by atoms with Gasteiger partial charge in [0.15, 0.2) is 0 Å². The molecule has 9 heavy (non-hydrogen) atoms. The maximum Gasteiger partial charge on any atom is 0.307 e. The van der Waals surface area contributed by atoms with Gasteiger partial charge in [-0.3, -0.25) is 4.79 Å². The van der Waals surface area contributed by atoms with Crippen molar-refractivity contribution in [3.8, 4) is 0 Å². The van der Waals surface area contributed by atoms with E-state index in [0.717, 1.165) is 6.42 Å². The predicted molar refractivity (Wildman–Crippen MR) is 36.0 cm³/mol. The average Bonchev–Trinajstić information content (AvgIpc) is 1.63. The molecule has 53 valence electrons. The molecule has 0 aromatic rings. The fourth-order valence-corrected chi connectivity index (χ4v) is 0.540. The third-order valence-corrected chi connectivity index (χ3v) is 1.06. The summed E-state index contributed by atoms with van der Waals surface area (Å²) in [6, 6.07) is 0. The summed E-state index contributed by atoms with van der Waals surface area (Å²) in [5.41, 5.74) is 0. The Kier molecular flexibility index (Phi) is 4.10. The van der Waals surface area contributed by atoms with Crippen LogP contribution in [-0.4, -0.2) is 11.1 Å². The first-order valence-corrected chi connectivity index (χ1v) is 3.19. The Morgan fingerprint density at radius 3 is 2.56 bits per heavy atom. The molecular formula is C7H13O2. The first-order valence-electron chi connectivity index (χ1n) is 3.19. The van der Waals surface area contributed by atoms with Crippen molar-refractivity contribution in [2.24, 2.45) is 5.92 Å². The minimum Gasteiger partial charge on any atom is -0.481 e. The molecule has 0 bridgehead atoms. The summed E-state index contributed by atoms with van der Waals surface area (Å²) >= 11 is 0. The summed E-state index contributed by atoms with van der Waals surface area (Å²) in [7, 11) is 0. The van der Waals surface area contributed by atoms with Gasteiger partial charge in [0.2, 0.25) is 0 Å². The van der Waals surface area contributed by atoms with Crippen LogP contribution in [0.2, 0.25) is 0 Å². The van der Waals surface area contributed by atoms with E-state index in [-0.39, 0.29) is 0 Å². The normalized spacial score (nSPS) is 10.1. The Balaban J connectivity index is 3.01. The molecule has 0 heterocycles. The van der Waals surface area contributed by atoms with Gasteiger partial charge in [0, 0.05) is 0 Å². The third-order valence-electron chi connectivity index (χ3n) is 1.06. The van der Waals surface area contributed by atoms with E-state index in [0.29, 0.717) is 12.3 Å². The fourth-order valence-electron chi connectivity index (χ4n) is 0.540. The van der Waals surface area contributed by atoms with Crippen molar-refractivity contribution >= 4 is 5.97 Å². The van der Waals surface area contributed by atoms with Gasteiger partial charge in [-0.05, 0) is 12.3 Å². The Morgan fingerprint density at radius 1 is 1.67 bits per heavy atom. The van der Waals surface area contributed by atoms with Crippen LogP contribution >= 0.6 is 0 Å². The quantitative estimate of drug-likeness (QED) is 0.627. The second kappa shape index (κ2) is 4.36. The molecule has 0 fully saturated rings. The lowest BCUT2D eigenvalue weighted by atomic mass is 10.1. The van der Waals surface area contributed by atoms with E-state index in [1.54, 1.807) is 0 Å². The number of carbonyl (C=O) groups is 1. The van der Waals surface area contributed by atoms with Gasteiger partial charge < -0.3 is 5.11 Å². The van der Waals surface area contributed by atoms with E-state index in [1.807, 2.05) is 0 Å². The SMILES string of the molecule is CC(C)CC[CH]C(=O)O. The molecule has 2 nitrogen and oxygen atoms in total. The topological polar surface area (TPSA) is 37.3 Å². The highest BCUT2D eigenvalue weighted by Gasteiger charge is 1.98. The summed E-state index contributed by atoms with van der Waals surface area (Å²) in [5.74, 6) is -0.212. The lowest BCUT2D eigenvalue weighted by molar-refractivity contribution is -0.133. The van der Waals surface area contributed by atoms with Crippen molar-refractivity contribution in [2.75, 3.05) is 0 Å². The molecule has 2 heteroatoms. The number of carboxylic acids is 1. The highest BCUT2D eigenvalue weighted by atomic mass is 16.4. The average molecular weight is 129 g/mol. The number of hydrogen-bond donors (Lipinski definition) is 1. The maximum absolute atomic E-state index is 9.93. The molecule has 0 saturated carbocycles. The molecule has 0 aromatic carbocycles. The van der Waals surface area contributed by atoms with Crippen LogP contribution in [0.1, 0.15) is 26.7 Å². The summed E-state index contributed by atoms with van der Waals surface area (Å²) in [5, 5.41) is 8.17. The van der Waals surface area contributed by atoms with E-state index in [1.165, 1.54) is 6.42 Å². The van der Waals surface area contributed by atoms with Gasteiger partial charge in [0.25, 0.3) is 0 Å². The molecule has 0 aliphatic heterocycles. The third kappa shape index (κ3) is 7.47.